The number of aromatic nitrogens is 4. The molecule has 0 spiro atoms. The molecule has 9 heteroatoms. The second-order valence-corrected chi connectivity index (χ2v) is 9.62. The smallest absolute Gasteiger partial charge is 0.241 e. The lowest BCUT2D eigenvalue weighted by Crippen LogP contribution is -2.47. The van der Waals surface area contributed by atoms with Crippen molar-refractivity contribution in [1.82, 2.24) is 24.9 Å². The zero-order valence-corrected chi connectivity index (χ0v) is 20.7. The maximum absolute atomic E-state index is 14.6. The molecule has 0 aliphatic carbocycles. The summed E-state index contributed by atoms with van der Waals surface area (Å²) in [6.45, 7) is 7.61. The molecule has 0 saturated carbocycles. The molecule has 1 fully saturated rings. The number of hydrogen-bond donors (Lipinski definition) is 2. The van der Waals surface area contributed by atoms with Crippen LogP contribution >= 0.6 is 0 Å². The van der Waals surface area contributed by atoms with Gasteiger partial charge in [0.1, 0.15) is 5.67 Å². The number of rotatable bonds is 8. The van der Waals surface area contributed by atoms with Crippen LogP contribution in [0.5, 0.6) is 0 Å². The van der Waals surface area contributed by atoms with Gasteiger partial charge in [-0.25, -0.2) is 23.9 Å². The largest absolute Gasteiger partial charge is 0.381 e. The van der Waals surface area contributed by atoms with Crippen molar-refractivity contribution in [3.8, 4) is 11.1 Å². The first-order valence-corrected chi connectivity index (χ1v) is 12.6. The number of nitrogens with zero attached hydrogens (tertiary/aromatic N) is 5. The number of ether oxygens (including phenoxy) is 1. The molecule has 1 atom stereocenters. The summed E-state index contributed by atoms with van der Waals surface area (Å²) < 4.78 is 21.9. The van der Waals surface area contributed by atoms with Gasteiger partial charge in [0.25, 0.3) is 0 Å². The van der Waals surface area contributed by atoms with Gasteiger partial charge in [-0.15, -0.1) is 5.10 Å². The molecule has 2 aliphatic heterocycles. The van der Waals surface area contributed by atoms with Crippen molar-refractivity contribution in [2.24, 2.45) is 4.99 Å². The van der Waals surface area contributed by atoms with Crippen LogP contribution in [0.4, 0.5) is 16.2 Å². The molecule has 3 aromatic rings. The lowest BCUT2D eigenvalue weighted by molar-refractivity contribution is 0.0767. The van der Waals surface area contributed by atoms with Crippen molar-refractivity contribution in [3.05, 3.63) is 36.3 Å². The lowest BCUT2D eigenvalue weighted by atomic mass is 9.95. The van der Waals surface area contributed by atoms with Crippen LogP contribution < -0.4 is 10.6 Å². The third-order valence-corrected chi connectivity index (χ3v) is 7.37. The van der Waals surface area contributed by atoms with E-state index in [-0.39, 0.29) is 12.6 Å². The van der Waals surface area contributed by atoms with E-state index < -0.39 is 5.67 Å². The van der Waals surface area contributed by atoms with Gasteiger partial charge in [0, 0.05) is 54.5 Å². The van der Waals surface area contributed by atoms with E-state index in [0.29, 0.717) is 24.8 Å². The van der Waals surface area contributed by atoms with E-state index in [0.717, 1.165) is 66.2 Å². The first kappa shape index (κ1) is 23.8. The van der Waals surface area contributed by atoms with E-state index in [4.69, 9.17) is 9.73 Å². The van der Waals surface area contributed by atoms with Crippen LogP contribution in [0.2, 0.25) is 0 Å². The van der Waals surface area contributed by atoms with E-state index >= 15 is 0 Å². The molecule has 1 unspecified atom stereocenters. The highest BCUT2D eigenvalue weighted by atomic mass is 19.1. The van der Waals surface area contributed by atoms with Gasteiger partial charge in [0.05, 0.1) is 18.3 Å². The molecule has 35 heavy (non-hydrogen) atoms. The van der Waals surface area contributed by atoms with Crippen LogP contribution in [0.1, 0.15) is 52.0 Å². The zero-order chi connectivity index (χ0) is 24.4. The van der Waals surface area contributed by atoms with Crippen LogP contribution in [-0.4, -0.2) is 62.8 Å². The summed E-state index contributed by atoms with van der Waals surface area (Å²) in [7, 11) is 0. The third-order valence-electron chi connectivity index (χ3n) is 7.37. The predicted octanol–water partition coefficient (Wildman–Crippen LogP) is 4.52. The van der Waals surface area contributed by atoms with E-state index in [2.05, 4.69) is 38.7 Å². The molecular weight excluding hydrogens is 445 g/mol. The van der Waals surface area contributed by atoms with Gasteiger partial charge in [-0.05, 0) is 56.7 Å². The van der Waals surface area contributed by atoms with E-state index in [1.165, 1.54) is 0 Å². The van der Waals surface area contributed by atoms with E-state index in [9.17, 15) is 4.39 Å². The summed E-state index contributed by atoms with van der Waals surface area (Å²) in [6, 6.07) is 4.87. The Morgan fingerprint density at radius 3 is 2.74 bits per heavy atom. The van der Waals surface area contributed by atoms with Crippen molar-refractivity contribution in [2.75, 3.05) is 25.1 Å². The van der Waals surface area contributed by atoms with Gasteiger partial charge >= 0.3 is 0 Å². The second-order valence-electron chi connectivity index (χ2n) is 9.62. The predicted molar refractivity (Wildman–Crippen MR) is 136 cm³/mol. The molecular formula is C26H34FN7O. The summed E-state index contributed by atoms with van der Waals surface area (Å²) in [5.74, 6) is 1.21. The third kappa shape index (κ3) is 5.06. The highest BCUT2D eigenvalue weighted by Gasteiger charge is 2.26. The Hall–Kier alpha value is -2.91. The number of pyridine rings is 1. The molecule has 186 valence electrons. The number of halogens is 1. The highest BCUT2D eigenvalue weighted by Crippen LogP contribution is 2.31. The fraction of sp³-hybridized carbons (Fsp3) is 0.538. The fourth-order valence-corrected chi connectivity index (χ4v) is 4.81. The van der Waals surface area contributed by atoms with Gasteiger partial charge in [0.15, 0.2) is 5.82 Å². The van der Waals surface area contributed by atoms with E-state index in [1.807, 2.05) is 32.3 Å². The molecule has 0 aromatic carbocycles. The molecule has 0 radical (unpaired) electrons. The lowest BCUT2D eigenvalue weighted by Gasteiger charge is -2.30. The van der Waals surface area contributed by atoms with Crippen molar-refractivity contribution < 1.29 is 9.13 Å². The monoisotopic (exact) mass is 479 g/mol. The van der Waals surface area contributed by atoms with Crippen LogP contribution in [0, 0.1) is 0 Å². The van der Waals surface area contributed by atoms with Crippen LogP contribution in [0.15, 0.2) is 35.7 Å². The Bertz CT molecular complexity index is 1210. The maximum Gasteiger partial charge on any atom is 0.241 e. The number of alkyl halides is 1. The van der Waals surface area contributed by atoms with Crippen LogP contribution in [-0.2, 0) is 11.2 Å². The first-order valence-electron chi connectivity index (χ1n) is 12.6. The van der Waals surface area contributed by atoms with E-state index in [1.54, 1.807) is 10.7 Å². The summed E-state index contributed by atoms with van der Waals surface area (Å²) in [6.07, 6.45) is 9.37. The van der Waals surface area contributed by atoms with Crippen molar-refractivity contribution in [3.63, 3.8) is 0 Å². The minimum atomic E-state index is -1.26. The van der Waals surface area contributed by atoms with Crippen molar-refractivity contribution >= 4 is 23.0 Å². The molecule has 1 saturated heterocycles. The number of aliphatic imine (C=N–C) groups is 1. The standard InChI is InChI=1S/C26H34FN7O/c1-4-26(27,5-2)16-30-25-29-15-23-21(6-9-34(23)33-25)19-12-18-13-22(17(3)31-24(18)28-14-19)32-20-7-10-35-11-8-20/h6,9,12,14-15,20,22,32H,4-5,7-8,10-11,13,16H2,1-3H3,(H,30,33). The molecule has 5 heterocycles. The number of anilines is 1. The van der Waals surface area contributed by atoms with Crippen LogP contribution in [0.25, 0.3) is 16.6 Å². The average molecular weight is 480 g/mol. The van der Waals surface area contributed by atoms with Crippen LogP contribution in [0.3, 0.4) is 0 Å². The second kappa shape index (κ2) is 9.99. The molecule has 0 bridgehead atoms. The van der Waals surface area contributed by atoms with Crippen molar-refractivity contribution in [2.45, 2.75) is 70.6 Å². The highest BCUT2D eigenvalue weighted by molar-refractivity contribution is 5.92. The Balaban J connectivity index is 1.35. The minimum absolute atomic E-state index is 0.192. The molecule has 0 amide bonds. The molecule has 5 rings (SSSR count). The first-order chi connectivity index (χ1) is 17.0. The average Bonchev–Trinajstić information content (AvgIpc) is 3.31. The Morgan fingerprint density at radius 1 is 1.17 bits per heavy atom. The van der Waals surface area contributed by atoms with Gasteiger partial charge in [-0.1, -0.05) is 13.8 Å². The van der Waals surface area contributed by atoms with Gasteiger partial charge in [-0.2, -0.15) is 0 Å². The summed E-state index contributed by atoms with van der Waals surface area (Å²) in [4.78, 5) is 13.9. The summed E-state index contributed by atoms with van der Waals surface area (Å²) in [5, 5.41) is 11.4. The SMILES string of the molecule is CCC(F)(CC)CNc1ncc2c(-c3cnc4c(c3)CC(NC3CCOCC3)C(C)=N4)ccn2n1. The normalized spacial score (nSPS) is 19.0. The fourth-order valence-electron chi connectivity index (χ4n) is 4.81. The van der Waals surface area contributed by atoms with Crippen molar-refractivity contribution in [1.29, 1.82) is 0 Å². The molecule has 8 nitrogen and oxygen atoms in total. The topological polar surface area (TPSA) is 88.7 Å². The zero-order valence-electron chi connectivity index (χ0n) is 20.7. The Labute approximate surface area is 205 Å². The van der Waals surface area contributed by atoms with Gasteiger partial charge in [0.2, 0.25) is 5.95 Å². The number of nitrogens with one attached hydrogen (secondary N) is 2. The minimum Gasteiger partial charge on any atom is -0.381 e. The maximum atomic E-state index is 14.6. The summed E-state index contributed by atoms with van der Waals surface area (Å²) >= 11 is 0. The molecule has 2 aliphatic rings. The quantitative estimate of drug-likeness (QED) is 0.494. The summed E-state index contributed by atoms with van der Waals surface area (Å²) in [5.41, 5.74) is 3.85. The van der Waals surface area contributed by atoms with Gasteiger partial charge < -0.3 is 15.4 Å². The van der Waals surface area contributed by atoms with Gasteiger partial charge in [-0.3, -0.25) is 0 Å². The molecule has 3 aromatic heterocycles. The Morgan fingerprint density at radius 2 is 1.97 bits per heavy atom. The number of fused-ring (bicyclic) bond motifs is 2. The Kier molecular flexibility index (Phi) is 6.80. The number of hydrogen-bond acceptors (Lipinski definition) is 7. The molecule has 2 N–H and O–H groups in total.